The number of benzene rings is 2. The molecular formula is C26H40N2O4. The van der Waals surface area contributed by atoms with Gasteiger partial charge in [-0.1, -0.05) is 60.7 Å². The van der Waals surface area contributed by atoms with Crippen molar-refractivity contribution in [1.29, 1.82) is 0 Å². The number of quaternary nitrogens is 2. The molecule has 2 aromatic rings. The molecule has 32 heavy (non-hydrogen) atoms. The Labute approximate surface area is 193 Å². The van der Waals surface area contributed by atoms with E-state index in [0.717, 1.165) is 8.97 Å². The summed E-state index contributed by atoms with van der Waals surface area (Å²) in [6.45, 7) is 2.62. The largest absolute Gasteiger partial charge is 0.545 e. The first-order valence-corrected chi connectivity index (χ1v) is 11.0. The molecule has 0 spiro atoms. The zero-order valence-electron chi connectivity index (χ0n) is 20.5. The predicted molar refractivity (Wildman–Crippen MR) is 126 cm³/mol. The quantitative estimate of drug-likeness (QED) is 0.438. The molecule has 0 heterocycles. The monoisotopic (exact) mass is 444 g/mol. The van der Waals surface area contributed by atoms with Gasteiger partial charge < -0.3 is 28.8 Å². The minimum absolute atomic E-state index is 0.220. The summed E-state index contributed by atoms with van der Waals surface area (Å²) in [6.07, 6.45) is 5.55. The standard InChI is InChI=1S/C12H30N2.2C7H6O2/c1-13(2,3)11-9-7-8-10-12-14(4,5)6;2*8-7(9)6-4-2-1-3-5-6/h7-12H2,1-6H3;2*1-5H,(H,8,9)/q+2;;/p-2. The number of carbonyl (C=O) groups is 2. The van der Waals surface area contributed by atoms with Crippen LogP contribution in [-0.4, -0.2) is 76.3 Å². The van der Waals surface area contributed by atoms with Gasteiger partial charge in [-0.2, -0.15) is 0 Å². The molecule has 2 rings (SSSR count). The van der Waals surface area contributed by atoms with Gasteiger partial charge in [0.15, 0.2) is 0 Å². The van der Waals surface area contributed by atoms with Crippen LogP contribution in [0.4, 0.5) is 0 Å². The Bertz CT molecular complexity index is 696. The minimum atomic E-state index is -1.13. The van der Waals surface area contributed by atoms with Crippen LogP contribution in [0.15, 0.2) is 60.7 Å². The van der Waals surface area contributed by atoms with Gasteiger partial charge in [0.2, 0.25) is 0 Å². The second-order valence-electron chi connectivity index (χ2n) is 9.75. The number of carboxylic acid groups (broad SMARTS) is 2. The lowest BCUT2D eigenvalue weighted by Gasteiger charge is -2.25. The summed E-state index contributed by atoms with van der Waals surface area (Å²) < 4.78 is 2.21. The zero-order valence-corrected chi connectivity index (χ0v) is 20.5. The van der Waals surface area contributed by atoms with Crippen LogP contribution in [0.1, 0.15) is 46.4 Å². The molecule has 0 aromatic heterocycles. The second kappa shape index (κ2) is 15.2. The molecule has 0 bridgehead atoms. The highest BCUT2D eigenvalue weighted by molar-refractivity contribution is 5.85. The molecule has 0 fully saturated rings. The summed E-state index contributed by atoms with van der Waals surface area (Å²) in [6, 6.07) is 16.1. The Kier molecular flexibility index (Phi) is 13.9. The van der Waals surface area contributed by atoms with E-state index in [9.17, 15) is 19.8 Å². The fourth-order valence-corrected chi connectivity index (χ4v) is 2.67. The van der Waals surface area contributed by atoms with Crippen molar-refractivity contribution >= 4 is 11.9 Å². The van der Waals surface area contributed by atoms with Crippen LogP contribution in [0.3, 0.4) is 0 Å². The Hall–Kier alpha value is -2.70. The maximum absolute atomic E-state index is 10.1. The first kappa shape index (κ1) is 29.3. The van der Waals surface area contributed by atoms with Gasteiger partial charge in [-0.05, 0) is 36.8 Å². The molecule has 178 valence electrons. The predicted octanol–water partition coefficient (Wildman–Crippen LogP) is 2.06. The van der Waals surface area contributed by atoms with Gasteiger partial charge in [0.1, 0.15) is 0 Å². The van der Waals surface area contributed by atoms with Crippen LogP contribution in [0, 0.1) is 0 Å². The molecule has 0 aliphatic heterocycles. The van der Waals surface area contributed by atoms with Crippen molar-refractivity contribution in [3.63, 3.8) is 0 Å². The van der Waals surface area contributed by atoms with Crippen molar-refractivity contribution in [3.05, 3.63) is 71.8 Å². The smallest absolute Gasteiger partial charge is 0.0780 e. The normalized spacial score (nSPS) is 10.8. The third-order valence-corrected chi connectivity index (χ3v) is 4.43. The lowest BCUT2D eigenvalue weighted by Crippen LogP contribution is -2.35. The number of hydrogen-bond donors (Lipinski definition) is 0. The molecule has 0 aliphatic carbocycles. The van der Waals surface area contributed by atoms with Gasteiger partial charge in [-0.25, -0.2) is 0 Å². The van der Waals surface area contributed by atoms with Crippen molar-refractivity contribution in [2.24, 2.45) is 0 Å². The molecule has 0 saturated carbocycles. The molecule has 0 aliphatic rings. The summed E-state index contributed by atoms with van der Waals surface area (Å²) in [5.74, 6) is -2.26. The highest BCUT2D eigenvalue weighted by Gasteiger charge is 2.07. The summed E-state index contributed by atoms with van der Waals surface area (Å²) >= 11 is 0. The molecule has 0 atom stereocenters. The number of unbranched alkanes of at least 4 members (excludes halogenated alkanes) is 3. The van der Waals surface area contributed by atoms with Crippen LogP contribution in [-0.2, 0) is 0 Å². The molecule has 6 heteroatoms. The number of rotatable bonds is 9. The van der Waals surface area contributed by atoms with E-state index in [-0.39, 0.29) is 11.1 Å². The van der Waals surface area contributed by atoms with Crippen molar-refractivity contribution in [1.82, 2.24) is 0 Å². The molecule has 0 unspecified atom stereocenters. The maximum atomic E-state index is 10.1. The van der Waals surface area contributed by atoms with Gasteiger partial charge in [-0.15, -0.1) is 0 Å². The number of aromatic carboxylic acids is 2. The minimum Gasteiger partial charge on any atom is -0.545 e. The number of hydrogen-bond acceptors (Lipinski definition) is 4. The van der Waals surface area contributed by atoms with E-state index < -0.39 is 11.9 Å². The average molecular weight is 445 g/mol. The number of nitrogens with zero attached hydrogens (tertiary/aromatic N) is 2. The molecular weight excluding hydrogens is 404 g/mol. The summed E-state index contributed by atoms with van der Waals surface area (Å²) in [5, 5.41) is 20.2. The van der Waals surface area contributed by atoms with Crippen molar-refractivity contribution in [2.75, 3.05) is 55.4 Å². The molecule has 2 aromatic carbocycles. The van der Waals surface area contributed by atoms with Crippen LogP contribution in [0.25, 0.3) is 0 Å². The first-order chi connectivity index (χ1) is 14.8. The third kappa shape index (κ3) is 18.1. The van der Waals surface area contributed by atoms with Gasteiger partial charge >= 0.3 is 0 Å². The summed E-state index contributed by atoms with van der Waals surface area (Å²) in [7, 11) is 13.6. The third-order valence-electron chi connectivity index (χ3n) is 4.43. The molecule has 0 saturated heterocycles. The highest BCUT2D eigenvalue weighted by Crippen LogP contribution is 2.05. The topological polar surface area (TPSA) is 80.3 Å². The summed E-state index contributed by atoms with van der Waals surface area (Å²) in [5.41, 5.74) is 0.440. The van der Waals surface area contributed by atoms with Crippen LogP contribution in [0.5, 0.6) is 0 Å². The van der Waals surface area contributed by atoms with Crippen molar-refractivity contribution < 1.29 is 28.8 Å². The van der Waals surface area contributed by atoms with E-state index in [4.69, 9.17) is 0 Å². The highest BCUT2D eigenvalue weighted by atomic mass is 16.4. The Balaban J connectivity index is 0.000000466. The molecule has 0 amide bonds. The van der Waals surface area contributed by atoms with Crippen molar-refractivity contribution in [2.45, 2.75) is 25.7 Å². The van der Waals surface area contributed by atoms with Crippen molar-refractivity contribution in [3.8, 4) is 0 Å². The van der Waals surface area contributed by atoms with E-state index >= 15 is 0 Å². The lowest BCUT2D eigenvalue weighted by atomic mass is 10.1. The van der Waals surface area contributed by atoms with E-state index in [1.165, 1.54) is 63.0 Å². The molecule has 6 nitrogen and oxygen atoms in total. The van der Waals surface area contributed by atoms with Crippen LogP contribution >= 0.6 is 0 Å². The molecule has 0 radical (unpaired) electrons. The number of carboxylic acids is 2. The fourth-order valence-electron chi connectivity index (χ4n) is 2.67. The van der Waals surface area contributed by atoms with E-state index in [1.807, 2.05) is 0 Å². The van der Waals surface area contributed by atoms with E-state index in [1.54, 1.807) is 36.4 Å². The first-order valence-electron chi connectivity index (χ1n) is 11.0. The van der Waals surface area contributed by atoms with Gasteiger partial charge in [-0.3, -0.25) is 0 Å². The Morgan fingerprint density at radius 2 is 0.844 bits per heavy atom. The maximum Gasteiger partial charge on any atom is 0.0780 e. The Morgan fingerprint density at radius 3 is 1.03 bits per heavy atom. The van der Waals surface area contributed by atoms with Gasteiger partial charge in [0.05, 0.1) is 67.3 Å². The summed E-state index contributed by atoms with van der Waals surface area (Å²) in [4.78, 5) is 20.2. The SMILES string of the molecule is C[N+](C)(C)CCCCCC[N+](C)(C)C.O=C([O-])c1ccccc1.O=C([O-])c1ccccc1. The van der Waals surface area contributed by atoms with Crippen LogP contribution < -0.4 is 10.2 Å². The van der Waals surface area contributed by atoms with E-state index in [0.29, 0.717) is 0 Å². The Morgan fingerprint density at radius 1 is 0.562 bits per heavy atom. The average Bonchev–Trinajstić information content (AvgIpc) is 2.71. The number of carbonyl (C=O) groups excluding carboxylic acids is 2. The van der Waals surface area contributed by atoms with Gasteiger partial charge in [0.25, 0.3) is 0 Å². The second-order valence-corrected chi connectivity index (χ2v) is 9.75. The molecule has 0 N–H and O–H groups in total. The van der Waals surface area contributed by atoms with Crippen LogP contribution in [0.2, 0.25) is 0 Å². The zero-order chi connectivity index (χ0) is 24.6. The fraction of sp³-hybridized carbons (Fsp3) is 0.462. The van der Waals surface area contributed by atoms with E-state index in [2.05, 4.69) is 42.3 Å². The lowest BCUT2D eigenvalue weighted by molar-refractivity contribution is -0.871. The van der Waals surface area contributed by atoms with Gasteiger partial charge in [0, 0.05) is 0 Å².